The number of fused-ring (bicyclic) bond motifs is 3. The van der Waals surface area contributed by atoms with Gasteiger partial charge < -0.3 is 15.4 Å². The number of nitrogens with zero attached hydrogens (tertiary/aromatic N) is 1. The lowest BCUT2D eigenvalue weighted by Crippen LogP contribution is -2.13. The molecule has 26 heavy (non-hydrogen) atoms. The number of aromatic amines is 1. The quantitative estimate of drug-likeness (QED) is 0.483. The normalized spacial score (nSPS) is 11.1. The standard InChI is InChI=1S/C21H19N3O2/c1-13-10-15(25)7-8-18(13)24-21(26)9-6-14-11-17-16-4-2-3-5-19(16)23-20(17)12-22-14/h2-5,7-8,10-12,23,25H,6,9H2,1H3,(H,24,26). The van der Waals surface area contributed by atoms with Crippen molar-refractivity contribution in [2.75, 3.05) is 5.32 Å². The zero-order chi connectivity index (χ0) is 18.1. The van der Waals surface area contributed by atoms with Gasteiger partial charge in [0.1, 0.15) is 5.75 Å². The van der Waals surface area contributed by atoms with Crippen LogP contribution in [0, 0.1) is 6.92 Å². The molecule has 2 aromatic carbocycles. The van der Waals surface area contributed by atoms with Crippen LogP contribution in [0.2, 0.25) is 0 Å². The molecule has 0 bridgehead atoms. The summed E-state index contributed by atoms with van der Waals surface area (Å²) in [4.78, 5) is 20.1. The molecule has 5 heteroatoms. The Morgan fingerprint density at radius 1 is 1.12 bits per heavy atom. The third kappa shape index (κ3) is 3.11. The predicted octanol–water partition coefficient (Wildman–Crippen LogP) is 4.30. The van der Waals surface area contributed by atoms with Crippen LogP contribution in [0.3, 0.4) is 0 Å². The van der Waals surface area contributed by atoms with E-state index in [0.29, 0.717) is 18.5 Å². The van der Waals surface area contributed by atoms with E-state index in [-0.39, 0.29) is 11.7 Å². The minimum atomic E-state index is -0.0698. The molecule has 0 aliphatic rings. The third-order valence-corrected chi connectivity index (χ3v) is 4.54. The molecule has 130 valence electrons. The lowest BCUT2D eigenvalue weighted by molar-refractivity contribution is -0.116. The van der Waals surface area contributed by atoms with Crippen LogP contribution >= 0.6 is 0 Å². The van der Waals surface area contributed by atoms with Crippen molar-refractivity contribution >= 4 is 33.4 Å². The third-order valence-electron chi connectivity index (χ3n) is 4.54. The van der Waals surface area contributed by atoms with Gasteiger partial charge in [-0.05, 0) is 49.2 Å². The highest BCUT2D eigenvalue weighted by molar-refractivity contribution is 6.07. The molecule has 0 saturated heterocycles. The second-order valence-electron chi connectivity index (χ2n) is 6.44. The number of H-pyrrole nitrogens is 1. The van der Waals surface area contributed by atoms with Crippen LogP contribution < -0.4 is 5.32 Å². The SMILES string of the molecule is Cc1cc(O)ccc1NC(=O)CCc1cc2c(cn1)[nH]c1ccccc12. The molecule has 0 unspecified atom stereocenters. The maximum atomic E-state index is 12.2. The Bertz CT molecular complexity index is 1110. The molecule has 4 aromatic rings. The van der Waals surface area contributed by atoms with E-state index < -0.39 is 0 Å². The van der Waals surface area contributed by atoms with Crippen molar-refractivity contribution < 1.29 is 9.90 Å². The van der Waals surface area contributed by atoms with Crippen molar-refractivity contribution in [3.05, 3.63) is 66.0 Å². The predicted molar refractivity (Wildman–Crippen MR) is 103 cm³/mol. The molecule has 0 aliphatic carbocycles. The number of aromatic hydroxyl groups is 1. The molecule has 0 spiro atoms. The van der Waals surface area contributed by atoms with Crippen molar-refractivity contribution in [2.24, 2.45) is 0 Å². The first-order valence-electron chi connectivity index (χ1n) is 8.55. The molecular formula is C21H19N3O2. The fourth-order valence-corrected chi connectivity index (χ4v) is 3.17. The van der Waals surface area contributed by atoms with E-state index in [1.807, 2.05) is 37.4 Å². The summed E-state index contributed by atoms with van der Waals surface area (Å²) in [6.07, 6.45) is 2.74. The summed E-state index contributed by atoms with van der Waals surface area (Å²) in [6.45, 7) is 1.85. The largest absolute Gasteiger partial charge is 0.508 e. The molecule has 0 radical (unpaired) electrons. The number of pyridine rings is 1. The van der Waals surface area contributed by atoms with E-state index in [1.165, 1.54) is 0 Å². The summed E-state index contributed by atoms with van der Waals surface area (Å²) in [5.74, 6) is 0.122. The number of hydrogen-bond donors (Lipinski definition) is 3. The first-order valence-corrected chi connectivity index (χ1v) is 8.55. The Morgan fingerprint density at radius 3 is 2.81 bits per heavy atom. The van der Waals surface area contributed by atoms with Gasteiger partial charge in [0, 0.05) is 34.1 Å². The van der Waals surface area contributed by atoms with Gasteiger partial charge in [-0.1, -0.05) is 18.2 Å². The van der Waals surface area contributed by atoms with E-state index in [2.05, 4.69) is 21.4 Å². The summed E-state index contributed by atoms with van der Waals surface area (Å²) >= 11 is 0. The van der Waals surface area contributed by atoms with Crippen molar-refractivity contribution in [3.63, 3.8) is 0 Å². The molecule has 0 aliphatic heterocycles. The van der Waals surface area contributed by atoms with Crippen molar-refractivity contribution in [1.82, 2.24) is 9.97 Å². The fourth-order valence-electron chi connectivity index (χ4n) is 3.17. The number of rotatable bonds is 4. The number of anilines is 1. The Labute approximate surface area is 150 Å². The van der Waals surface area contributed by atoms with Gasteiger partial charge in [-0.25, -0.2) is 0 Å². The lowest BCUT2D eigenvalue weighted by atomic mass is 10.1. The lowest BCUT2D eigenvalue weighted by Gasteiger charge is -2.08. The van der Waals surface area contributed by atoms with Crippen LogP contribution in [0.25, 0.3) is 21.8 Å². The van der Waals surface area contributed by atoms with Crippen molar-refractivity contribution in [2.45, 2.75) is 19.8 Å². The molecule has 2 aromatic heterocycles. The molecular weight excluding hydrogens is 326 g/mol. The molecule has 3 N–H and O–H groups in total. The zero-order valence-corrected chi connectivity index (χ0v) is 14.4. The number of para-hydroxylation sites is 1. The van der Waals surface area contributed by atoms with Crippen LogP contribution in [-0.2, 0) is 11.2 Å². The van der Waals surface area contributed by atoms with Crippen LogP contribution in [0.15, 0.2) is 54.7 Å². The Morgan fingerprint density at radius 2 is 1.96 bits per heavy atom. The first kappa shape index (κ1) is 16.1. The van der Waals surface area contributed by atoms with Crippen molar-refractivity contribution in [1.29, 1.82) is 0 Å². The molecule has 5 nitrogen and oxygen atoms in total. The maximum absolute atomic E-state index is 12.2. The smallest absolute Gasteiger partial charge is 0.224 e. The van der Waals surface area contributed by atoms with Crippen LogP contribution in [0.5, 0.6) is 5.75 Å². The first-order chi connectivity index (χ1) is 12.6. The number of phenols is 1. The van der Waals surface area contributed by atoms with Gasteiger partial charge >= 0.3 is 0 Å². The number of aromatic nitrogens is 2. The maximum Gasteiger partial charge on any atom is 0.224 e. The number of carbonyl (C=O) groups excluding carboxylic acids is 1. The summed E-state index contributed by atoms with van der Waals surface area (Å²) in [5, 5.41) is 14.6. The average molecular weight is 345 g/mol. The van der Waals surface area contributed by atoms with E-state index in [1.54, 1.807) is 18.2 Å². The van der Waals surface area contributed by atoms with E-state index >= 15 is 0 Å². The Hall–Kier alpha value is -3.34. The average Bonchev–Trinajstić information content (AvgIpc) is 3.00. The number of benzene rings is 2. The summed E-state index contributed by atoms with van der Waals surface area (Å²) in [7, 11) is 0. The number of carbonyl (C=O) groups is 1. The van der Waals surface area contributed by atoms with Crippen LogP contribution in [0.4, 0.5) is 5.69 Å². The van der Waals surface area contributed by atoms with Crippen molar-refractivity contribution in [3.8, 4) is 5.75 Å². The monoisotopic (exact) mass is 345 g/mol. The molecule has 0 saturated carbocycles. The Kier molecular flexibility index (Phi) is 4.05. The van der Waals surface area contributed by atoms with Gasteiger partial charge in [0.15, 0.2) is 0 Å². The topological polar surface area (TPSA) is 78.0 Å². The molecule has 0 fully saturated rings. The number of amides is 1. The van der Waals surface area contributed by atoms with E-state index in [9.17, 15) is 9.90 Å². The minimum absolute atomic E-state index is 0.0698. The second kappa shape index (κ2) is 6.52. The highest BCUT2D eigenvalue weighted by Gasteiger charge is 2.09. The number of aryl methyl sites for hydroxylation is 2. The summed E-state index contributed by atoms with van der Waals surface area (Å²) in [5.41, 5.74) is 4.52. The molecule has 0 atom stereocenters. The van der Waals surface area contributed by atoms with Gasteiger partial charge in [-0.15, -0.1) is 0 Å². The van der Waals surface area contributed by atoms with E-state index in [0.717, 1.165) is 33.1 Å². The number of phenolic OH excluding ortho intramolecular Hbond substituents is 1. The van der Waals surface area contributed by atoms with E-state index in [4.69, 9.17) is 0 Å². The number of nitrogens with one attached hydrogen (secondary N) is 2. The highest BCUT2D eigenvalue weighted by Crippen LogP contribution is 2.25. The zero-order valence-electron chi connectivity index (χ0n) is 14.4. The number of hydrogen-bond acceptors (Lipinski definition) is 3. The van der Waals surface area contributed by atoms with Gasteiger partial charge in [-0.3, -0.25) is 9.78 Å². The van der Waals surface area contributed by atoms with Gasteiger partial charge in [-0.2, -0.15) is 0 Å². The summed E-state index contributed by atoms with van der Waals surface area (Å²) in [6, 6.07) is 15.1. The van der Waals surface area contributed by atoms with Gasteiger partial charge in [0.05, 0.1) is 11.7 Å². The summed E-state index contributed by atoms with van der Waals surface area (Å²) < 4.78 is 0. The molecule has 2 heterocycles. The minimum Gasteiger partial charge on any atom is -0.508 e. The fraction of sp³-hybridized carbons (Fsp3) is 0.143. The molecule has 1 amide bonds. The molecule has 4 rings (SSSR count). The van der Waals surface area contributed by atoms with Crippen LogP contribution in [-0.4, -0.2) is 21.0 Å². The van der Waals surface area contributed by atoms with Crippen LogP contribution in [0.1, 0.15) is 17.7 Å². The van der Waals surface area contributed by atoms with Gasteiger partial charge in [0.2, 0.25) is 5.91 Å². The van der Waals surface area contributed by atoms with Gasteiger partial charge in [0.25, 0.3) is 0 Å². The highest BCUT2D eigenvalue weighted by atomic mass is 16.3. The Balaban J connectivity index is 1.48. The second-order valence-corrected chi connectivity index (χ2v) is 6.44.